The molecule has 27 heavy (non-hydrogen) atoms. The largest absolute Gasteiger partial charge is 0.481 e. The predicted molar refractivity (Wildman–Crippen MR) is 91.8 cm³/mol. The molecular formula is C19H19FN2O5. The summed E-state index contributed by atoms with van der Waals surface area (Å²) in [6.45, 7) is 0.515. The van der Waals surface area contributed by atoms with Crippen LogP contribution in [0.5, 0.6) is 0 Å². The molecule has 0 radical (unpaired) electrons. The quantitative estimate of drug-likeness (QED) is 0.773. The first-order chi connectivity index (χ1) is 12.9. The third-order valence-electron chi connectivity index (χ3n) is 4.48. The van der Waals surface area contributed by atoms with Crippen LogP contribution >= 0.6 is 0 Å². The molecule has 0 aliphatic carbocycles. The highest BCUT2D eigenvalue weighted by Gasteiger charge is 2.35. The van der Waals surface area contributed by atoms with Crippen molar-refractivity contribution in [2.45, 2.75) is 25.4 Å². The van der Waals surface area contributed by atoms with Gasteiger partial charge in [0.05, 0.1) is 31.2 Å². The van der Waals surface area contributed by atoms with Crippen LogP contribution < -0.4 is 5.32 Å². The summed E-state index contributed by atoms with van der Waals surface area (Å²) in [6, 6.07) is 7.96. The fourth-order valence-corrected chi connectivity index (χ4v) is 3.10. The number of carboxylic acid groups (broad SMARTS) is 1. The van der Waals surface area contributed by atoms with Gasteiger partial charge >= 0.3 is 5.97 Å². The van der Waals surface area contributed by atoms with E-state index in [0.29, 0.717) is 11.3 Å². The average Bonchev–Trinajstić information content (AvgIpc) is 3.25. The Balaban J connectivity index is 1.65. The normalized spacial score (nSPS) is 17.7. The molecular weight excluding hydrogens is 355 g/mol. The van der Waals surface area contributed by atoms with E-state index in [4.69, 9.17) is 9.52 Å². The molecule has 7 nitrogen and oxygen atoms in total. The highest BCUT2D eigenvalue weighted by atomic mass is 19.1. The molecule has 2 atom stereocenters. The summed E-state index contributed by atoms with van der Waals surface area (Å²) in [5, 5.41) is 11.8. The van der Waals surface area contributed by atoms with Crippen LogP contribution in [0, 0.1) is 11.7 Å². The molecule has 1 aliphatic heterocycles. The fourth-order valence-electron chi connectivity index (χ4n) is 3.10. The zero-order valence-corrected chi connectivity index (χ0v) is 14.4. The number of hydrogen-bond donors (Lipinski definition) is 2. The Morgan fingerprint density at radius 1 is 1.30 bits per heavy atom. The summed E-state index contributed by atoms with van der Waals surface area (Å²) in [4.78, 5) is 37.4. The zero-order valence-electron chi connectivity index (χ0n) is 14.4. The first-order valence-electron chi connectivity index (χ1n) is 8.50. The first-order valence-corrected chi connectivity index (χ1v) is 8.50. The van der Waals surface area contributed by atoms with Gasteiger partial charge in [-0.3, -0.25) is 14.4 Å². The molecule has 0 spiro atoms. The van der Waals surface area contributed by atoms with Crippen LogP contribution in [0.15, 0.2) is 47.1 Å². The number of benzene rings is 1. The number of likely N-dealkylation sites (tertiary alicyclic amines) is 1. The average molecular weight is 374 g/mol. The van der Waals surface area contributed by atoms with Crippen LogP contribution in [0.25, 0.3) is 0 Å². The van der Waals surface area contributed by atoms with E-state index in [0.717, 1.165) is 0 Å². The van der Waals surface area contributed by atoms with Gasteiger partial charge in [-0.1, -0.05) is 12.1 Å². The number of carbonyl (C=O) groups excluding carboxylic acids is 2. The van der Waals surface area contributed by atoms with Crippen molar-refractivity contribution >= 4 is 17.8 Å². The van der Waals surface area contributed by atoms with Gasteiger partial charge in [-0.15, -0.1) is 0 Å². The van der Waals surface area contributed by atoms with Crippen molar-refractivity contribution < 1.29 is 28.3 Å². The number of nitrogens with one attached hydrogen (secondary N) is 1. The molecule has 2 N–H and O–H groups in total. The lowest BCUT2D eigenvalue weighted by Crippen LogP contribution is -2.36. The number of furan rings is 1. The fraction of sp³-hybridized carbons (Fsp3) is 0.316. The second kappa shape index (κ2) is 8.03. The highest BCUT2D eigenvalue weighted by molar-refractivity contribution is 5.89. The van der Waals surface area contributed by atoms with Crippen LogP contribution in [-0.2, 0) is 20.9 Å². The summed E-state index contributed by atoms with van der Waals surface area (Å²) in [5.74, 6) is -2.06. The van der Waals surface area contributed by atoms with E-state index in [1.54, 1.807) is 12.1 Å². The molecule has 1 aromatic heterocycles. The molecule has 0 saturated carbocycles. The topological polar surface area (TPSA) is 99.8 Å². The number of carbonyl (C=O) groups is 3. The number of hydrogen-bond acceptors (Lipinski definition) is 4. The third kappa shape index (κ3) is 4.72. The molecule has 3 rings (SSSR count). The molecule has 2 amide bonds. The maximum Gasteiger partial charge on any atom is 0.305 e. The molecule has 2 heterocycles. The Bertz CT molecular complexity index is 819. The maximum atomic E-state index is 13.1. The molecule has 1 aromatic carbocycles. The van der Waals surface area contributed by atoms with E-state index in [-0.39, 0.29) is 31.8 Å². The summed E-state index contributed by atoms with van der Waals surface area (Å²) in [5.41, 5.74) is 0.490. The van der Waals surface area contributed by atoms with Gasteiger partial charge in [0.25, 0.3) is 0 Å². The van der Waals surface area contributed by atoms with Gasteiger partial charge in [0, 0.05) is 13.0 Å². The number of amides is 2. The first kappa shape index (κ1) is 18.6. The maximum absolute atomic E-state index is 13.1. The van der Waals surface area contributed by atoms with Crippen molar-refractivity contribution in [3.8, 4) is 0 Å². The van der Waals surface area contributed by atoms with Gasteiger partial charge in [-0.05, 0) is 29.8 Å². The lowest BCUT2D eigenvalue weighted by atomic mass is 10.0. The van der Waals surface area contributed by atoms with Crippen LogP contribution in [0.4, 0.5) is 4.39 Å². The number of nitrogens with zero attached hydrogens (tertiary/aromatic N) is 1. The molecule has 142 valence electrons. The lowest BCUT2D eigenvalue weighted by molar-refractivity contribution is -0.138. The molecule has 0 bridgehead atoms. The third-order valence-corrected chi connectivity index (χ3v) is 4.48. The second-order valence-corrected chi connectivity index (χ2v) is 6.47. The van der Waals surface area contributed by atoms with E-state index in [2.05, 4.69) is 5.32 Å². The van der Waals surface area contributed by atoms with Crippen molar-refractivity contribution in [3.63, 3.8) is 0 Å². The minimum absolute atomic E-state index is 0.0513. The van der Waals surface area contributed by atoms with Crippen molar-refractivity contribution in [2.24, 2.45) is 5.92 Å². The Kier molecular flexibility index (Phi) is 5.54. The summed E-state index contributed by atoms with van der Waals surface area (Å²) < 4.78 is 18.3. The Hall–Kier alpha value is -3.16. The Morgan fingerprint density at radius 2 is 2.04 bits per heavy atom. The standard InChI is InChI=1S/C19H19FN2O5/c20-14-5-3-12(4-6-14)16(9-18(24)25)21-19(26)13-8-17(23)22(10-13)11-15-2-1-7-27-15/h1-7,13,16H,8-11H2,(H,21,26)(H,24,25)/t13-,16-/m0/s1. The van der Waals surface area contributed by atoms with Gasteiger partial charge in [0.15, 0.2) is 0 Å². The van der Waals surface area contributed by atoms with Crippen molar-refractivity contribution in [1.82, 2.24) is 10.2 Å². The van der Waals surface area contributed by atoms with Gasteiger partial charge in [-0.2, -0.15) is 0 Å². The molecule has 1 fully saturated rings. The monoisotopic (exact) mass is 374 g/mol. The highest BCUT2D eigenvalue weighted by Crippen LogP contribution is 2.23. The van der Waals surface area contributed by atoms with E-state index in [9.17, 15) is 18.8 Å². The van der Waals surface area contributed by atoms with Crippen molar-refractivity contribution in [2.75, 3.05) is 6.54 Å². The van der Waals surface area contributed by atoms with Crippen LogP contribution in [0.2, 0.25) is 0 Å². The lowest BCUT2D eigenvalue weighted by Gasteiger charge is -2.20. The van der Waals surface area contributed by atoms with Crippen molar-refractivity contribution in [3.05, 3.63) is 59.8 Å². The van der Waals surface area contributed by atoms with Crippen LogP contribution in [0.1, 0.15) is 30.2 Å². The van der Waals surface area contributed by atoms with Crippen molar-refractivity contribution in [1.29, 1.82) is 0 Å². The van der Waals surface area contributed by atoms with E-state index in [1.165, 1.54) is 35.4 Å². The van der Waals surface area contributed by atoms with Crippen LogP contribution in [-0.4, -0.2) is 34.3 Å². The smallest absolute Gasteiger partial charge is 0.305 e. The van der Waals surface area contributed by atoms with E-state index < -0.39 is 29.7 Å². The second-order valence-electron chi connectivity index (χ2n) is 6.47. The van der Waals surface area contributed by atoms with E-state index >= 15 is 0 Å². The SMILES string of the molecule is O=C(O)C[C@H](NC(=O)[C@H]1CC(=O)N(Cc2ccco2)C1)c1ccc(F)cc1. The molecule has 0 unspecified atom stereocenters. The van der Waals surface area contributed by atoms with E-state index in [1.807, 2.05) is 0 Å². The summed E-state index contributed by atoms with van der Waals surface area (Å²) in [7, 11) is 0. The summed E-state index contributed by atoms with van der Waals surface area (Å²) in [6.07, 6.45) is 1.23. The van der Waals surface area contributed by atoms with Crippen LogP contribution in [0.3, 0.4) is 0 Å². The molecule has 1 saturated heterocycles. The van der Waals surface area contributed by atoms with Gasteiger partial charge in [0.2, 0.25) is 11.8 Å². The zero-order chi connectivity index (χ0) is 19.4. The molecule has 1 aliphatic rings. The number of halogens is 1. The minimum Gasteiger partial charge on any atom is -0.481 e. The van der Waals surface area contributed by atoms with Gasteiger partial charge < -0.3 is 19.7 Å². The van der Waals surface area contributed by atoms with Gasteiger partial charge in [0.1, 0.15) is 11.6 Å². The molecule has 8 heteroatoms. The Labute approximate surface area is 154 Å². The Morgan fingerprint density at radius 3 is 2.67 bits per heavy atom. The van der Waals surface area contributed by atoms with Gasteiger partial charge in [-0.25, -0.2) is 4.39 Å². The minimum atomic E-state index is -1.09. The number of rotatable bonds is 7. The number of carboxylic acids is 1. The predicted octanol–water partition coefficient (Wildman–Crippen LogP) is 2.10. The summed E-state index contributed by atoms with van der Waals surface area (Å²) >= 11 is 0. The number of aliphatic carboxylic acids is 1. The molecule has 2 aromatic rings.